The van der Waals surface area contributed by atoms with Gasteiger partial charge in [0.2, 0.25) is 15.9 Å². The highest BCUT2D eigenvalue weighted by molar-refractivity contribution is 7.89. The molecule has 0 radical (unpaired) electrons. The molecule has 0 bridgehead atoms. The molecular formula is C30H31ClN4O6S. The number of hydrogen-bond acceptors (Lipinski definition) is 6. The van der Waals surface area contributed by atoms with Gasteiger partial charge in [0.25, 0.3) is 0 Å². The molecule has 42 heavy (non-hydrogen) atoms. The van der Waals surface area contributed by atoms with Crippen molar-refractivity contribution in [3.8, 4) is 0 Å². The van der Waals surface area contributed by atoms with E-state index in [1.165, 1.54) is 48.4 Å². The zero-order chi connectivity index (χ0) is 29.9. The molecule has 0 spiro atoms. The number of nitrogens with one attached hydrogen (secondary N) is 2. The summed E-state index contributed by atoms with van der Waals surface area (Å²) in [4.78, 5) is 40.2. The zero-order valence-corrected chi connectivity index (χ0v) is 24.5. The normalized spacial score (nSPS) is 19.0. The number of esters is 1. The van der Waals surface area contributed by atoms with E-state index < -0.39 is 34.0 Å². The molecule has 0 saturated carbocycles. The monoisotopic (exact) mass is 610 g/mol. The molecule has 12 heteroatoms. The number of benzene rings is 3. The number of nitrogens with zero attached hydrogens (tertiary/aromatic N) is 2. The van der Waals surface area contributed by atoms with Crippen molar-refractivity contribution in [1.29, 1.82) is 0 Å². The number of halogens is 1. The minimum Gasteiger partial charge on any atom is -0.465 e. The topological polar surface area (TPSA) is 125 Å². The fourth-order valence-electron chi connectivity index (χ4n) is 5.38. The number of carbonyl (C=O) groups is 3. The lowest BCUT2D eigenvalue weighted by atomic mass is 9.87. The highest BCUT2D eigenvalue weighted by atomic mass is 35.5. The number of hydrogen-bond donors (Lipinski definition) is 2. The fraction of sp³-hybridized carbons (Fsp3) is 0.300. The molecule has 10 nitrogen and oxygen atoms in total. The third-order valence-corrected chi connectivity index (χ3v) is 9.76. The molecule has 2 aliphatic rings. The number of fused-ring (bicyclic) bond motifs is 1. The Balaban J connectivity index is 1.38. The highest BCUT2D eigenvalue weighted by Crippen LogP contribution is 2.30. The van der Waals surface area contributed by atoms with E-state index in [1.807, 2.05) is 24.3 Å². The summed E-state index contributed by atoms with van der Waals surface area (Å²) in [5, 5.41) is 6.22. The first-order valence-corrected chi connectivity index (χ1v) is 15.4. The van der Waals surface area contributed by atoms with Crippen LogP contribution >= 0.6 is 11.6 Å². The maximum atomic E-state index is 13.8. The molecule has 1 aliphatic heterocycles. The van der Waals surface area contributed by atoms with E-state index in [1.54, 1.807) is 12.1 Å². The van der Waals surface area contributed by atoms with E-state index in [2.05, 4.69) is 10.6 Å². The molecule has 3 aromatic rings. The number of sulfonamides is 1. The third-order valence-electron chi connectivity index (χ3n) is 7.58. The number of ether oxygens (including phenoxy) is 1. The second-order valence-corrected chi connectivity index (χ2v) is 12.5. The molecule has 220 valence electrons. The van der Waals surface area contributed by atoms with Crippen LogP contribution in [0.5, 0.6) is 0 Å². The molecule has 2 N–H and O–H groups in total. The van der Waals surface area contributed by atoms with Crippen LogP contribution in [0.4, 0.5) is 10.5 Å². The first kappa shape index (κ1) is 29.6. The quantitative estimate of drug-likeness (QED) is 0.403. The Morgan fingerprint density at radius 3 is 2.38 bits per heavy atom. The van der Waals surface area contributed by atoms with E-state index in [0.29, 0.717) is 16.3 Å². The van der Waals surface area contributed by atoms with E-state index in [4.69, 9.17) is 16.3 Å². The number of rotatable bonds is 6. The summed E-state index contributed by atoms with van der Waals surface area (Å²) in [6.07, 6.45) is 2.53. The summed E-state index contributed by atoms with van der Waals surface area (Å²) in [5.41, 5.74) is 2.94. The van der Waals surface area contributed by atoms with Gasteiger partial charge in [-0.25, -0.2) is 18.0 Å². The van der Waals surface area contributed by atoms with Crippen LogP contribution in [0.3, 0.4) is 0 Å². The van der Waals surface area contributed by atoms with Gasteiger partial charge in [-0.3, -0.25) is 4.79 Å². The van der Waals surface area contributed by atoms with Crippen molar-refractivity contribution in [3.63, 3.8) is 0 Å². The molecule has 1 fully saturated rings. The van der Waals surface area contributed by atoms with Crippen molar-refractivity contribution in [3.05, 3.63) is 94.5 Å². The minimum atomic E-state index is -4.09. The molecule has 2 atom stereocenters. The Labute approximate surface area is 249 Å². The average molecular weight is 611 g/mol. The van der Waals surface area contributed by atoms with Crippen LogP contribution in [0, 0.1) is 0 Å². The number of methoxy groups -OCH3 is 1. The van der Waals surface area contributed by atoms with Crippen LogP contribution in [0.25, 0.3) is 0 Å². The minimum absolute atomic E-state index is 0.0105. The van der Waals surface area contributed by atoms with Gasteiger partial charge in [-0.1, -0.05) is 35.9 Å². The number of carbonyl (C=O) groups excluding carboxylic acids is 3. The molecule has 1 aliphatic carbocycles. The van der Waals surface area contributed by atoms with E-state index in [0.717, 1.165) is 34.7 Å². The number of anilines is 1. The maximum absolute atomic E-state index is 13.8. The van der Waals surface area contributed by atoms with E-state index in [9.17, 15) is 22.8 Å². The summed E-state index contributed by atoms with van der Waals surface area (Å²) < 4.78 is 33.3. The van der Waals surface area contributed by atoms with Crippen molar-refractivity contribution in [2.45, 2.75) is 36.2 Å². The lowest BCUT2D eigenvalue weighted by molar-refractivity contribution is -0.127. The van der Waals surface area contributed by atoms with Gasteiger partial charge in [0, 0.05) is 30.3 Å². The van der Waals surface area contributed by atoms with Crippen LogP contribution in [-0.4, -0.2) is 68.3 Å². The van der Waals surface area contributed by atoms with E-state index >= 15 is 0 Å². The summed E-state index contributed by atoms with van der Waals surface area (Å²) in [5.74, 6) is -0.977. The van der Waals surface area contributed by atoms with Crippen molar-refractivity contribution in [2.75, 3.05) is 32.1 Å². The summed E-state index contributed by atoms with van der Waals surface area (Å²) >= 11 is 5.98. The average Bonchev–Trinajstić information content (AvgIpc) is 3.01. The molecule has 1 heterocycles. The second kappa shape index (κ2) is 12.5. The molecule has 3 aromatic carbocycles. The van der Waals surface area contributed by atoms with Crippen molar-refractivity contribution < 1.29 is 27.5 Å². The standard InChI is InChI=1S/C30H31ClN4O6S/c1-41-29(37)21-9-13-23(14-10-21)32-30(38)34-17-18-35(42(39,40)24-15-11-22(31)12-16-24)27(19-34)28(36)33-26-8-4-6-20-5-2-3-7-25(20)26/h2-3,5,7,9-16,26-27H,4,6,8,17-19H2,1H3,(H,32,38)(H,33,36). The molecule has 2 unspecified atom stereocenters. The second-order valence-electron chi connectivity index (χ2n) is 10.2. The molecular weight excluding hydrogens is 580 g/mol. The van der Waals surface area contributed by atoms with Gasteiger partial charge >= 0.3 is 12.0 Å². The maximum Gasteiger partial charge on any atom is 0.337 e. The number of amides is 3. The van der Waals surface area contributed by atoms with Crippen molar-refractivity contribution in [2.24, 2.45) is 0 Å². The molecule has 5 rings (SSSR count). The summed E-state index contributed by atoms with van der Waals surface area (Å²) in [7, 11) is -2.80. The fourth-order valence-corrected chi connectivity index (χ4v) is 7.07. The molecule has 1 saturated heterocycles. The summed E-state index contributed by atoms with van der Waals surface area (Å²) in [6.45, 7) is -0.174. The Morgan fingerprint density at radius 1 is 0.952 bits per heavy atom. The lowest BCUT2D eigenvalue weighted by Crippen LogP contribution is -2.62. The van der Waals surface area contributed by atoms with Gasteiger partial charge in [-0.05, 0) is 78.9 Å². The Kier molecular flexibility index (Phi) is 8.81. The smallest absolute Gasteiger partial charge is 0.337 e. The Hall–Kier alpha value is -3.93. The van der Waals surface area contributed by atoms with Gasteiger partial charge in [-0.2, -0.15) is 4.31 Å². The SMILES string of the molecule is COC(=O)c1ccc(NC(=O)N2CCN(S(=O)(=O)c3ccc(Cl)cc3)C(C(=O)NC3CCCc4ccccc43)C2)cc1. The largest absolute Gasteiger partial charge is 0.465 e. The zero-order valence-electron chi connectivity index (χ0n) is 23.0. The van der Waals surface area contributed by atoms with Gasteiger partial charge in [-0.15, -0.1) is 0 Å². The van der Waals surface area contributed by atoms with Crippen LogP contribution in [-0.2, 0) is 26.0 Å². The third kappa shape index (κ3) is 6.28. The first-order chi connectivity index (χ1) is 20.2. The predicted octanol–water partition coefficient (Wildman–Crippen LogP) is 4.23. The number of piperazine rings is 1. The van der Waals surface area contributed by atoms with Crippen molar-refractivity contribution in [1.82, 2.24) is 14.5 Å². The van der Waals surface area contributed by atoms with Crippen LogP contribution in [0.15, 0.2) is 77.7 Å². The first-order valence-electron chi connectivity index (χ1n) is 13.6. The van der Waals surface area contributed by atoms with Crippen LogP contribution in [0.2, 0.25) is 5.02 Å². The van der Waals surface area contributed by atoms with Gasteiger partial charge in [0.1, 0.15) is 6.04 Å². The summed E-state index contributed by atoms with van der Waals surface area (Å²) in [6, 6.07) is 17.9. The van der Waals surface area contributed by atoms with Gasteiger partial charge in [0.15, 0.2) is 0 Å². The van der Waals surface area contributed by atoms with Gasteiger partial charge in [0.05, 0.1) is 23.6 Å². The lowest BCUT2D eigenvalue weighted by Gasteiger charge is -2.40. The number of aryl methyl sites for hydroxylation is 1. The Bertz CT molecular complexity index is 1580. The van der Waals surface area contributed by atoms with E-state index in [-0.39, 0.29) is 30.6 Å². The van der Waals surface area contributed by atoms with Crippen LogP contribution in [0.1, 0.15) is 40.4 Å². The predicted molar refractivity (Wildman–Crippen MR) is 158 cm³/mol. The number of urea groups is 1. The molecule has 0 aromatic heterocycles. The Morgan fingerprint density at radius 2 is 1.67 bits per heavy atom. The van der Waals surface area contributed by atoms with Gasteiger partial charge < -0.3 is 20.3 Å². The van der Waals surface area contributed by atoms with Crippen molar-refractivity contribution >= 4 is 45.2 Å². The van der Waals surface area contributed by atoms with Crippen LogP contribution < -0.4 is 10.6 Å². The molecule has 3 amide bonds. The highest BCUT2D eigenvalue weighted by Gasteiger charge is 2.42.